The zero-order valence-electron chi connectivity index (χ0n) is 51.7. The molecule has 0 fully saturated rings. The lowest BCUT2D eigenvalue weighted by Crippen LogP contribution is -2.12. The van der Waals surface area contributed by atoms with Gasteiger partial charge in [-0.1, -0.05) is 39.7 Å². The molecule has 0 saturated carbocycles. The molecular formula is C71H65BrF3NO16. The second-order valence-electron chi connectivity index (χ2n) is 20.8. The van der Waals surface area contributed by atoms with Gasteiger partial charge in [-0.25, -0.2) is 13.2 Å². The Hall–Kier alpha value is -10.5. The molecule has 21 heteroatoms. The normalized spacial score (nSPS) is 13.3. The number of aromatic hydroxyl groups is 2. The van der Waals surface area contributed by atoms with Gasteiger partial charge in [-0.15, -0.1) is 0 Å². The van der Waals surface area contributed by atoms with Crippen molar-refractivity contribution in [3.8, 4) is 51.7 Å². The fourth-order valence-corrected chi connectivity index (χ4v) is 10.8. The molecule has 10 rings (SSSR count). The number of anilines is 1. The van der Waals surface area contributed by atoms with Crippen LogP contribution in [0.15, 0.2) is 136 Å². The molecule has 3 aliphatic rings. The summed E-state index contributed by atoms with van der Waals surface area (Å²) in [6.45, 7) is 6.90. The lowest BCUT2D eigenvalue weighted by molar-refractivity contribution is -0.136. The minimum absolute atomic E-state index is 0.0255. The number of esters is 1. The number of halogens is 4. The second kappa shape index (κ2) is 30.8. The number of aliphatic carboxylic acids is 2. The van der Waals surface area contributed by atoms with E-state index >= 15 is 0 Å². The van der Waals surface area contributed by atoms with E-state index in [0.29, 0.717) is 39.8 Å². The molecule has 0 saturated heterocycles. The molecule has 1 amide bonds. The number of phenols is 2. The van der Waals surface area contributed by atoms with E-state index in [0.717, 1.165) is 77.7 Å². The van der Waals surface area contributed by atoms with Crippen molar-refractivity contribution < 1.29 is 90.7 Å². The van der Waals surface area contributed by atoms with Crippen molar-refractivity contribution in [2.75, 3.05) is 48.0 Å². The number of aldehydes is 1. The molecule has 0 heterocycles. The highest BCUT2D eigenvalue weighted by Crippen LogP contribution is 2.48. The van der Waals surface area contributed by atoms with Gasteiger partial charge in [0, 0.05) is 22.6 Å². The summed E-state index contributed by atoms with van der Waals surface area (Å²) in [6, 6.07) is 30.4. The number of amides is 1. The SMILES string of the molecule is CC1=C(CC(=O)O)c2cc(F)ccc2C1.COc1cc(/C=C2/C(C)=C(CC(=O)Nc3ccc(Br)cc3)c3cc(F)ccc32)cc(OC)c1O.COc1cc(/C=C2/C(C)=C(CC(=O)O)c3cc(F)ccc32)cc(OC)c1O.COc1cc(C=O)cc(OC)c1OC(C)=O. The van der Waals surface area contributed by atoms with E-state index in [9.17, 15) is 52.5 Å². The largest absolute Gasteiger partial charge is 0.502 e. The summed E-state index contributed by atoms with van der Waals surface area (Å²) < 4.78 is 77.7. The fourth-order valence-electron chi connectivity index (χ4n) is 10.6. The molecule has 0 unspecified atom stereocenters. The summed E-state index contributed by atoms with van der Waals surface area (Å²) in [4.78, 5) is 56.3. The zero-order valence-corrected chi connectivity index (χ0v) is 53.3. The lowest BCUT2D eigenvalue weighted by Gasteiger charge is -2.12. The van der Waals surface area contributed by atoms with E-state index < -0.39 is 23.7 Å². The van der Waals surface area contributed by atoms with Gasteiger partial charge in [-0.3, -0.25) is 24.0 Å². The number of carboxylic acids is 2. The Morgan fingerprint density at radius 2 is 0.902 bits per heavy atom. The van der Waals surface area contributed by atoms with Gasteiger partial charge in [-0.2, -0.15) is 0 Å². The summed E-state index contributed by atoms with van der Waals surface area (Å²) in [5, 5.41) is 41.2. The predicted octanol–water partition coefficient (Wildman–Crippen LogP) is 15.1. The summed E-state index contributed by atoms with van der Waals surface area (Å²) in [6.07, 6.45) is 5.02. The van der Waals surface area contributed by atoms with E-state index in [1.165, 1.54) is 98.1 Å². The van der Waals surface area contributed by atoms with Gasteiger partial charge in [0.1, 0.15) is 23.7 Å². The van der Waals surface area contributed by atoms with Crippen LogP contribution in [0.5, 0.6) is 51.7 Å². The Labute approximate surface area is 537 Å². The molecule has 92 heavy (non-hydrogen) atoms. The number of hydrogen-bond donors (Lipinski definition) is 5. The predicted molar refractivity (Wildman–Crippen MR) is 347 cm³/mol. The molecule has 0 aromatic heterocycles. The first kappa shape index (κ1) is 68.9. The van der Waals surface area contributed by atoms with Crippen molar-refractivity contribution in [1.29, 1.82) is 0 Å². The third kappa shape index (κ3) is 16.4. The number of rotatable bonds is 17. The van der Waals surface area contributed by atoms with Gasteiger partial charge in [0.25, 0.3) is 0 Å². The van der Waals surface area contributed by atoms with Crippen molar-refractivity contribution >= 4 is 91.7 Å². The van der Waals surface area contributed by atoms with Crippen LogP contribution in [-0.4, -0.2) is 93.2 Å². The zero-order chi connectivity index (χ0) is 67.2. The van der Waals surface area contributed by atoms with Gasteiger partial charge in [0.05, 0.1) is 61.9 Å². The number of allylic oxidation sites excluding steroid dienone is 5. The third-order valence-corrected chi connectivity index (χ3v) is 15.4. The molecule has 478 valence electrons. The lowest BCUT2D eigenvalue weighted by atomic mass is 10.00. The van der Waals surface area contributed by atoms with Crippen LogP contribution in [0.3, 0.4) is 0 Å². The van der Waals surface area contributed by atoms with E-state index in [4.69, 9.17) is 38.3 Å². The Balaban J connectivity index is 0.000000184. The number of methoxy groups -OCH3 is 6. The van der Waals surface area contributed by atoms with Crippen LogP contribution < -0.4 is 38.5 Å². The fraction of sp³-hybridized carbons (Fsp3) is 0.197. The Bertz CT molecular complexity index is 4130. The molecule has 0 radical (unpaired) electrons. The third-order valence-electron chi connectivity index (χ3n) is 14.9. The molecule has 7 aromatic rings. The van der Waals surface area contributed by atoms with Gasteiger partial charge >= 0.3 is 17.9 Å². The van der Waals surface area contributed by atoms with Crippen LogP contribution in [0, 0.1) is 17.5 Å². The highest BCUT2D eigenvalue weighted by Gasteiger charge is 2.29. The Morgan fingerprint density at radius 3 is 1.30 bits per heavy atom. The van der Waals surface area contributed by atoms with Crippen LogP contribution in [0.4, 0.5) is 18.9 Å². The number of carboxylic acid groups (broad SMARTS) is 2. The molecular weight excluding hydrogens is 1260 g/mol. The number of hydrogen-bond acceptors (Lipinski definition) is 14. The van der Waals surface area contributed by atoms with E-state index in [1.807, 2.05) is 57.2 Å². The standard InChI is InChI=1S/C27H23BrFNO4.C21H19FO5.C12H11FO2.C11H12O5/c1-15-21(10-16-11-24(33-2)27(32)25(12-16)34-3)20-9-6-18(29)13-23(20)22(15)14-26(31)30-19-7-4-17(28)5-8-19;1-11-15(6-12-7-18(26-2)21(25)19(8-12)27-3)14-5-4-13(22)9-17(14)16(11)10-20(23)24;1-7-4-8-2-3-9(13)5-11(8)10(7)6-12(14)15;1-7(13)16-11-9(14-2)4-8(6-12)5-10(11)15-3/h4-13,32H,14H2,1-3H3,(H,30,31);4-9,25H,10H2,1-3H3,(H,23,24);2-3,5H,4,6H2,1H3,(H,14,15);4-6H,1-3H3/b21-10-;15-6-;;. The number of phenolic OH excluding ortho intramolecular Hbond substituents is 2. The van der Waals surface area contributed by atoms with E-state index in [2.05, 4.69) is 21.2 Å². The number of carbonyl (C=O) groups excluding carboxylic acids is 3. The highest BCUT2D eigenvalue weighted by molar-refractivity contribution is 9.10. The van der Waals surface area contributed by atoms with Gasteiger partial charge in [0.2, 0.25) is 23.2 Å². The molecule has 3 aliphatic carbocycles. The first-order valence-electron chi connectivity index (χ1n) is 28.1. The Kier molecular flexibility index (Phi) is 23.1. The molecule has 0 spiro atoms. The first-order valence-corrected chi connectivity index (χ1v) is 28.8. The monoisotopic (exact) mass is 1320 g/mol. The quantitative estimate of drug-likeness (QED) is 0.0323. The Morgan fingerprint density at radius 1 is 0.511 bits per heavy atom. The second-order valence-corrected chi connectivity index (χ2v) is 21.7. The average molecular weight is 1330 g/mol. The molecule has 0 aliphatic heterocycles. The number of carbonyl (C=O) groups is 5. The van der Waals surface area contributed by atoms with Crippen LogP contribution in [0.1, 0.15) is 102 Å². The maximum Gasteiger partial charge on any atom is 0.308 e. The van der Waals surface area contributed by atoms with Gasteiger partial charge < -0.3 is 58.9 Å². The highest BCUT2D eigenvalue weighted by atomic mass is 79.9. The van der Waals surface area contributed by atoms with Crippen molar-refractivity contribution in [3.05, 3.63) is 204 Å². The summed E-state index contributed by atoms with van der Waals surface area (Å²) in [7, 11) is 8.63. The number of ether oxygens (including phenoxy) is 7. The topological polar surface area (TPSA) is 243 Å². The van der Waals surface area contributed by atoms with Crippen LogP contribution in [-0.2, 0) is 25.6 Å². The van der Waals surface area contributed by atoms with E-state index in [-0.39, 0.29) is 88.5 Å². The van der Waals surface area contributed by atoms with Crippen molar-refractivity contribution in [3.63, 3.8) is 0 Å². The summed E-state index contributed by atoms with van der Waals surface area (Å²) in [5.41, 5.74) is 13.5. The number of fused-ring (bicyclic) bond motifs is 3. The number of nitrogens with one attached hydrogen (secondary N) is 1. The van der Waals surface area contributed by atoms with Crippen molar-refractivity contribution in [2.45, 2.75) is 53.4 Å². The molecule has 17 nitrogen and oxygen atoms in total. The number of benzene rings is 7. The minimum atomic E-state index is -0.978. The first-order chi connectivity index (χ1) is 43.8. The average Bonchev–Trinajstić information content (AvgIpc) is 1.63. The van der Waals surface area contributed by atoms with Crippen LogP contribution in [0.2, 0.25) is 0 Å². The molecule has 0 bridgehead atoms. The molecule has 0 atom stereocenters. The maximum atomic E-state index is 14.2. The smallest absolute Gasteiger partial charge is 0.308 e. The van der Waals surface area contributed by atoms with Crippen molar-refractivity contribution in [2.24, 2.45) is 0 Å². The maximum absolute atomic E-state index is 14.2. The summed E-state index contributed by atoms with van der Waals surface area (Å²) >= 11 is 3.38. The minimum Gasteiger partial charge on any atom is -0.502 e. The van der Waals surface area contributed by atoms with E-state index in [1.54, 1.807) is 42.5 Å². The molecule has 5 N–H and O–H groups in total. The molecule has 7 aromatic carbocycles. The van der Waals surface area contributed by atoms with Crippen molar-refractivity contribution in [1.82, 2.24) is 0 Å². The van der Waals surface area contributed by atoms with Gasteiger partial charge in [0.15, 0.2) is 34.5 Å². The van der Waals surface area contributed by atoms with Gasteiger partial charge in [-0.05, 0) is 220 Å². The van der Waals surface area contributed by atoms with Crippen LogP contribution in [0.25, 0.3) is 40.0 Å². The van der Waals surface area contributed by atoms with Crippen LogP contribution >= 0.6 is 15.9 Å². The summed E-state index contributed by atoms with van der Waals surface area (Å²) in [5.74, 6) is -2.04.